The molecule has 1 aliphatic rings. The van der Waals surface area contributed by atoms with Crippen molar-refractivity contribution in [3.63, 3.8) is 0 Å². The van der Waals surface area contributed by atoms with Gasteiger partial charge in [0.05, 0.1) is 11.2 Å². The number of fused-ring (bicyclic) bond motifs is 1. The van der Waals surface area contributed by atoms with Gasteiger partial charge < -0.3 is 9.80 Å². The topological polar surface area (TPSA) is 19.4 Å². The van der Waals surface area contributed by atoms with E-state index in [2.05, 4.69) is 53.1 Å². The fourth-order valence-electron chi connectivity index (χ4n) is 2.95. The summed E-state index contributed by atoms with van der Waals surface area (Å²) >= 11 is 0. The van der Waals surface area contributed by atoms with Crippen molar-refractivity contribution < 1.29 is 0 Å². The van der Waals surface area contributed by atoms with Gasteiger partial charge in [0.1, 0.15) is 0 Å². The summed E-state index contributed by atoms with van der Waals surface area (Å²) in [4.78, 5) is 9.39. The van der Waals surface area contributed by atoms with Crippen molar-refractivity contribution in [2.24, 2.45) is 0 Å². The van der Waals surface area contributed by atoms with E-state index in [-0.39, 0.29) is 0 Å². The Morgan fingerprint density at radius 3 is 2.68 bits per heavy atom. The molecule has 2 aromatic rings. The maximum atomic E-state index is 4.56. The number of aromatic nitrogens is 1. The van der Waals surface area contributed by atoms with Crippen LogP contribution in [0.15, 0.2) is 36.5 Å². The Balaban J connectivity index is 1.91. The van der Waals surface area contributed by atoms with E-state index in [1.54, 1.807) is 0 Å². The van der Waals surface area contributed by atoms with Crippen LogP contribution < -0.4 is 4.90 Å². The molecule has 0 saturated carbocycles. The van der Waals surface area contributed by atoms with Gasteiger partial charge in [0.15, 0.2) is 0 Å². The Labute approximate surface area is 114 Å². The monoisotopic (exact) mass is 255 g/mol. The predicted octanol–water partition coefficient (Wildman–Crippen LogP) is 2.77. The molecule has 3 nitrogen and oxygen atoms in total. The fourth-order valence-corrected chi connectivity index (χ4v) is 2.95. The lowest BCUT2D eigenvalue weighted by Gasteiger charge is -2.36. The summed E-state index contributed by atoms with van der Waals surface area (Å²) < 4.78 is 0. The molecule has 0 spiro atoms. The average molecular weight is 255 g/mol. The minimum absolute atomic E-state index is 0.629. The second-order valence-electron chi connectivity index (χ2n) is 5.50. The lowest BCUT2D eigenvalue weighted by molar-refractivity contribution is 0.253. The molecule has 100 valence electrons. The van der Waals surface area contributed by atoms with Crippen molar-refractivity contribution in [2.45, 2.75) is 18.9 Å². The van der Waals surface area contributed by atoms with Crippen LogP contribution in [0.5, 0.6) is 0 Å². The maximum absolute atomic E-state index is 4.56. The van der Waals surface area contributed by atoms with Crippen molar-refractivity contribution in [1.82, 2.24) is 9.88 Å². The largest absolute Gasteiger partial charge is 0.370 e. The van der Waals surface area contributed by atoms with E-state index in [1.807, 2.05) is 12.3 Å². The zero-order valence-electron chi connectivity index (χ0n) is 11.7. The molecular weight excluding hydrogens is 234 g/mol. The number of para-hydroxylation sites is 1. The molecule has 2 heterocycles. The zero-order chi connectivity index (χ0) is 13.2. The maximum Gasteiger partial charge on any atom is 0.0935 e. The van der Waals surface area contributed by atoms with Gasteiger partial charge in [0.25, 0.3) is 0 Å². The molecule has 19 heavy (non-hydrogen) atoms. The highest BCUT2D eigenvalue weighted by molar-refractivity contribution is 5.90. The quantitative estimate of drug-likeness (QED) is 0.822. The van der Waals surface area contributed by atoms with E-state index >= 15 is 0 Å². The van der Waals surface area contributed by atoms with Crippen molar-refractivity contribution >= 4 is 16.6 Å². The Morgan fingerprint density at radius 2 is 1.89 bits per heavy atom. The SMILES string of the molecule is CN1CCC(N(C)c2cccc3cccnc23)CC1. The lowest BCUT2D eigenvalue weighted by atomic mass is 10.0. The minimum atomic E-state index is 0.629. The molecule has 0 atom stereocenters. The number of hydrogen-bond acceptors (Lipinski definition) is 3. The number of likely N-dealkylation sites (tertiary alicyclic amines) is 1. The summed E-state index contributed by atoms with van der Waals surface area (Å²) in [5, 5.41) is 1.22. The first-order valence-electron chi connectivity index (χ1n) is 7.01. The normalized spacial score (nSPS) is 17.8. The summed E-state index contributed by atoms with van der Waals surface area (Å²) in [6.07, 6.45) is 4.35. The molecule has 1 aromatic carbocycles. The summed E-state index contributed by atoms with van der Waals surface area (Å²) in [5.41, 5.74) is 2.37. The number of piperidine rings is 1. The van der Waals surface area contributed by atoms with E-state index in [1.165, 1.54) is 37.0 Å². The molecule has 3 heteroatoms. The van der Waals surface area contributed by atoms with Gasteiger partial charge in [-0.3, -0.25) is 4.98 Å². The Bertz CT molecular complexity index is 553. The molecule has 0 aliphatic carbocycles. The van der Waals surface area contributed by atoms with Crippen molar-refractivity contribution in [3.8, 4) is 0 Å². The van der Waals surface area contributed by atoms with Crippen molar-refractivity contribution in [2.75, 3.05) is 32.1 Å². The number of anilines is 1. The van der Waals surface area contributed by atoms with Crippen LogP contribution in [0, 0.1) is 0 Å². The molecular formula is C16H21N3. The Morgan fingerprint density at radius 1 is 1.16 bits per heavy atom. The highest BCUT2D eigenvalue weighted by atomic mass is 15.2. The van der Waals surface area contributed by atoms with Gasteiger partial charge in [-0.15, -0.1) is 0 Å². The second-order valence-corrected chi connectivity index (χ2v) is 5.50. The van der Waals surface area contributed by atoms with Gasteiger partial charge in [0.2, 0.25) is 0 Å². The van der Waals surface area contributed by atoms with E-state index in [0.29, 0.717) is 6.04 Å². The van der Waals surface area contributed by atoms with Gasteiger partial charge in [0, 0.05) is 24.7 Å². The van der Waals surface area contributed by atoms with Gasteiger partial charge in [-0.25, -0.2) is 0 Å². The number of nitrogens with zero attached hydrogens (tertiary/aromatic N) is 3. The third kappa shape index (κ3) is 2.43. The second kappa shape index (κ2) is 5.17. The minimum Gasteiger partial charge on any atom is -0.370 e. The average Bonchev–Trinajstić information content (AvgIpc) is 2.47. The summed E-state index contributed by atoms with van der Waals surface area (Å²) in [6, 6.07) is 11.2. The van der Waals surface area contributed by atoms with Gasteiger partial charge in [-0.05, 0) is 45.1 Å². The Hall–Kier alpha value is -1.61. The van der Waals surface area contributed by atoms with Crippen molar-refractivity contribution in [3.05, 3.63) is 36.5 Å². The molecule has 1 saturated heterocycles. The molecule has 1 aromatic heterocycles. The summed E-state index contributed by atoms with van der Waals surface area (Å²) in [5.74, 6) is 0. The van der Waals surface area contributed by atoms with E-state index in [0.717, 1.165) is 5.52 Å². The van der Waals surface area contributed by atoms with E-state index in [9.17, 15) is 0 Å². The van der Waals surface area contributed by atoms with Crippen LogP contribution in [0.2, 0.25) is 0 Å². The van der Waals surface area contributed by atoms with Crippen molar-refractivity contribution in [1.29, 1.82) is 0 Å². The lowest BCUT2D eigenvalue weighted by Crippen LogP contribution is -2.42. The number of benzene rings is 1. The number of rotatable bonds is 2. The van der Waals surface area contributed by atoms with Crippen LogP contribution in [0.1, 0.15) is 12.8 Å². The zero-order valence-corrected chi connectivity index (χ0v) is 11.7. The fraction of sp³-hybridized carbons (Fsp3) is 0.438. The predicted molar refractivity (Wildman–Crippen MR) is 80.7 cm³/mol. The first kappa shape index (κ1) is 12.4. The van der Waals surface area contributed by atoms with Crippen LogP contribution in [0.25, 0.3) is 10.9 Å². The molecule has 0 N–H and O–H groups in total. The number of pyridine rings is 1. The van der Waals surface area contributed by atoms with Crippen LogP contribution in [-0.2, 0) is 0 Å². The molecule has 0 bridgehead atoms. The van der Waals surface area contributed by atoms with Gasteiger partial charge >= 0.3 is 0 Å². The van der Waals surface area contributed by atoms with Crippen LogP contribution in [-0.4, -0.2) is 43.1 Å². The van der Waals surface area contributed by atoms with E-state index < -0.39 is 0 Å². The third-order valence-electron chi connectivity index (χ3n) is 4.23. The first-order chi connectivity index (χ1) is 9.25. The standard InChI is InChI=1S/C16H21N3/c1-18-11-8-14(9-12-18)19(2)15-7-3-5-13-6-4-10-17-16(13)15/h3-7,10,14H,8-9,11-12H2,1-2H3. The summed E-state index contributed by atoms with van der Waals surface area (Å²) in [6.45, 7) is 2.38. The Kier molecular flexibility index (Phi) is 3.38. The van der Waals surface area contributed by atoms with E-state index in [4.69, 9.17) is 0 Å². The smallest absolute Gasteiger partial charge is 0.0935 e. The molecule has 0 radical (unpaired) electrons. The van der Waals surface area contributed by atoms with Crippen LogP contribution in [0.4, 0.5) is 5.69 Å². The van der Waals surface area contributed by atoms with Crippen LogP contribution in [0.3, 0.4) is 0 Å². The van der Waals surface area contributed by atoms with Gasteiger partial charge in [-0.2, -0.15) is 0 Å². The highest BCUT2D eigenvalue weighted by Crippen LogP contribution is 2.27. The highest BCUT2D eigenvalue weighted by Gasteiger charge is 2.21. The molecule has 3 rings (SSSR count). The van der Waals surface area contributed by atoms with Crippen LogP contribution >= 0.6 is 0 Å². The van der Waals surface area contributed by atoms with Gasteiger partial charge in [-0.1, -0.05) is 18.2 Å². The molecule has 1 aliphatic heterocycles. The summed E-state index contributed by atoms with van der Waals surface area (Å²) in [7, 11) is 4.41. The molecule has 0 amide bonds. The third-order valence-corrected chi connectivity index (χ3v) is 4.23. The molecule has 0 unspecified atom stereocenters. The number of hydrogen-bond donors (Lipinski definition) is 0. The molecule has 1 fully saturated rings. The first-order valence-corrected chi connectivity index (χ1v) is 7.01.